The van der Waals surface area contributed by atoms with Gasteiger partial charge in [0.2, 0.25) is 0 Å². The normalized spacial score (nSPS) is 8.00. The summed E-state index contributed by atoms with van der Waals surface area (Å²) in [6.07, 6.45) is 4.34. The first-order valence-corrected chi connectivity index (χ1v) is 6.69. The summed E-state index contributed by atoms with van der Waals surface area (Å²) in [4.78, 5) is 0. The predicted octanol–water partition coefficient (Wildman–Crippen LogP) is 1.92. The van der Waals surface area contributed by atoms with Crippen molar-refractivity contribution in [3.05, 3.63) is 0 Å². The molecule has 0 rings (SSSR count). The van der Waals surface area contributed by atoms with E-state index >= 15 is 0 Å². The molecule has 0 saturated carbocycles. The van der Waals surface area contributed by atoms with Gasteiger partial charge in [-0.15, -0.1) is 12.6 Å². The van der Waals surface area contributed by atoms with Gasteiger partial charge in [0.05, 0.1) is 0 Å². The first-order chi connectivity index (χ1) is 4.65. The van der Waals surface area contributed by atoms with E-state index in [2.05, 4.69) is 31.8 Å². The van der Waals surface area contributed by atoms with Crippen molar-refractivity contribution in [3.63, 3.8) is 0 Å². The van der Waals surface area contributed by atoms with Crippen LogP contribution in [0.15, 0.2) is 0 Å². The maximum Gasteiger partial charge on any atom is 0.128 e. The number of hydrogen-bond donors (Lipinski definition) is 2. The van der Waals surface area contributed by atoms with E-state index in [0.717, 1.165) is 49.0 Å². The molecular weight excluding hydrogens is 189 g/mol. The van der Waals surface area contributed by atoms with Crippen molar-refractivity contribution >= 4 is 78.1 Å². The number of thiol groups is 1. The number of nitrogens with two attached hydrogens (primary N) is 1. The molecule has 0 aliphatic rings. The zero-order valence-corrected chi connectivity index (χ0v) is 11.6. The predicted molar refractivity (Wildman–Crippen MR) is 55.9 cm³/mol. The largest absolute Gasteiger partial charge is 0.385 e. The van der Waals surface area contributed by atoms with Crippen molar-refractivity contribution < 1.29 is 0 Å². The van der Waals surface area contributed by atoms with Crippen molar-refractivity contribution in [1.82, 2.24) is 0 Å². The van der Waals surface area contributed by atoms with Crippen LogP contribution in [-0.4, -0.2) is 53.3 Å². The quantitative estimate of drug-likeness (QED) is 0.317. The summed E-state index contributed by atoms with van der Waals surface area (Å²) in [5.74, 6) is 0. The van der Waals surface area contributed by atoms with Gasteiger partial charge in [-0.25, -0.2) is 0 Å². The Labute approximate surface area is 109 Å². The van der Waals surface area contributed by atoms with Crippen molar-refractivity contribution in [2.24, 2.45) is 5.73 Å². The van der Waals surface area contributed by atoms with Crippen LogP contribution in [0.1, 0.15) is 26.2 Å². The van der Waals surface area contributed by atoms with Crippen molar-refractivity contribution in [3.8, 4) is 0 Å². The van der Waals surface area contributed by atoms with E-state index in [-0.39, 0.29) is 4.32 Å². The molecule has 2 N–H and O–H groups in total. The van der Waals surface area contributed by atoms with Gasteiger partial charge < -0.3 is 5.73 Å². The van der Waals surface area contributed by atoms with E-state index in [1.165, 1.54) is 19.3 Å². The Balaban J connectivity index is 0. The molecular formula is C6H14KNS2. The van der Waals surface area contributed by atoms with E-state index in [1.807, 2.05) is 0 Å². The Morgan fingerprint density at radius 2 is 2.00 bits per heavy atom. The minimum absolute atomic E-state index is 0.194. The average Bonchev–Trinajstić information content (AvgIpc) is 1.82. The van der Waals surface area contributed by atoms with Gasteiger partial charge in [-0.3, -0.25) is 0 Å². The first-order valence-electron chi connectivity index (χ1n) is 3.63. The van der Waals surface area contributed by atoms with Crippen molar-refractivity contribution in [2.75, 3.05) is 0 Å². The number of unbranched alkanes of at least 4 members (excludes halogenated alkanes) is 2. The van der Waals surface area contributed by atoms with E-state index in [0.29, 0.717) is 0 Å². The van der Waals surface area contributed by atoms with Gasteiger partial charge in [0.15, 0.2) is 0 Å². The summed E-state index contributed by atoms with van der Waals surface area (Å²) < 4.78 is 1.74. The first kappa shape index (κ1) is 14.4. The van der Waals surface area contributed by atoms with Crippen LogP contribution >= 0.6 is 24.8 Å². The van der Waals surface area contributed by atoms with Gasteiger partial charge in [0.25, 0.3) is 0 Å². The van der Waals surface area contributed by atoms with Crippen LogP contribution in [0.2, 0.25) is 0.515 Å². The maximum atomic E-state index is 4.71. The molecule has 0 spiro atoms. The molecule has 0 unspecified atom stereocenters. The van der Waals surface area contributed by atoms with Crippen molar-refractivity contribution in [1.29, 1.82) is 0 Å². The maximum absolute atomic E-state index is 4.71. The summed E-state index contributed by atoms with van der Waals surface area (Å²) in [6, 6.07) is 0. The molecule has 0 amide bonds. The topological polar surface area (TPSA) is 26.0 Å². The molecule has 0 bridgehead atoms. The number of thiocarbonyl (C=S) groups is 1. The SMILES string of the molecule is CCCC[CH2][K].NC(=S)S. The molecule has 56 valence electrons. The Morgan fingerprint density at radius 3 is 2.10 bits per heavy atom. The molecule has 0 aromatic carbocycles. The zero-order valence-electron chi connectivity index (χ0n) is 6.76. The summed E-state index contributed by atoms with van der Waals surface area (Å²) >= 11 is 8.77. The molecule has 0 atom stereocenters. The second-order valence-corrected chi connectivity index (χ2v) is 4.83. The molecule has 1 nitrogen and oxygen atoms in total. The van der Waals surface area contributed by atoms with Crippen LogP contribution in [0.5, 0.6) is 0 Å². The fourth-order valence-corrected chi connectivity index (χ4v) is 1.28. The molecule has 0 saturated heterocycles. The van der Waals surface area contributed by atoms with Gasteiger partial charge in [-0.05, 0) is 0 Å². The van der Waals surface area contributed by atoms with Gasteiger partial charge in [0.1, 0.15) is 4.32 Å². The third kappa shape index (κ3) is 32.7. The molecule has 0 fully saturated rings. The minimum atomic E-state index is 0.194. The van der Waals surface area contributed by atoms with Crippen LogP contribution < -0.4 is 5.73 Å². The molecule has 0 aliphatic heterocycles. The number of rotatable bonds is 3. The van der Waals surface area contributed by atoms with E-state index in [1.54, 1.807) is 0.515 Å². The van der Waals surface area contributed by atoms with Crippen LogP contribution in [0.25, 0.3) is 0 Å². The van der Waals surface area contributed by atoms with Gasteiger partial charge in [-0.2, -0.15) is 0 Å². The summed E-state index contributed by atoms with van der Waals surface area (Å²) in [7, 11) is 0. The Kier molecular flexibility index (Phi) is 19.4. The molecule has 4 heteroatoms. The van der Waals surface area contributed by atoms with Gasteiger partial charge in [0, 0.05) is 0 Å². The van der Waals surface area contributed by atoms with E-state index in [4.69, 9.17) is 5.73 Å². The molecule has 0 radical (unpaired) electrons. The fourth-order valence-electron chi connectivity index (χ4n) is 0.500. The fraction of sp³-hybridized carbons (Fsp3) is 0.833. The van der Waals surface area contributed by atoms with Gasteiger partial charge >= 0.3 is 75.7 Å². The summed E-state index contributed by atoms with van der Waals surface area (Å²) in [6.45, 7) is 2.25. The Hall–Kier alpha value is 1.88. The number of hydrogen-bond acceptors (Lipinski definition) is 1. The summed E-state index contributed by atoms with van der Waals surface area (Å²) in [5.41, 5.74) is 4.71. The standard InChI is InChI=1S/C5H11.CH3NS2.K/c1-3-5-4-2;2-1(3)4;/h1,3-5H2,2H3;(H3,2,3,4);. The molecule has 0 heterocycles. The second-order valence-electron chi connectivity index (χ2n) is 2.05. The third-order valence-electron chi connectivity index (χ3n) is 0.957. The molecule has 0 aromatic rings. The van der Waals surface area contributed by atoms with Crippen LogP contribution in [0.4, 0.5) is 0 Å². The van der Waals surface area contributed by atoms with E-state index < -0.39 is 0 Å². The molecule has 10 heavy (non-hydrogen) atoms. The van der Waals surface area contributed by atoms with Gasteiger partial charge in [-0.1, -0.05) is 12.2 Å². The Bertz CT molecular complexity index is 70.1. The smallest absolute Gasteiger partial charge is 0.128 e. The third-order valence-corrected chi connectivity index (χ3v) is 2.06. The molecule has 0 aliphatic carbocycles. The van der Waals surface area contributed by atoms with Crippen LogP contribution in [0, 0.1) is 0 Å². The second kappa shape index (κ2) is 13.5. The minimum Gasteiger partial charge on any atom is -0.385 e. The monoisotopic (exact) mass is 203 g/mol. The molecule has 0 aromatic heterocycles. The van der Waals surface area contributed by atoms with E-state index in [9.17, 15) is 0 Å². The summed E-state index contributed by atoms with van der Waals surface area (Å²) in [5, 5.41) is 0. The zero-order chi connectivity index (χ0) is 8.41. The Morgan fingerprint density at radius 1 is 1.60 bits per heavy atom. The average molecular weight is 203 g/mol. The van der Waals surface area contributed by atoms with Crippen LogP contribution in [-0.2, 0) is 0 Å². The van der Waals surface area contributed by atoms with Crippen molar-refractivity contribution in [2.45, 2.75) is 26.7 Å². The van der Waals surface area contributed by atoms with Crippen LogP contribution in [0.3, 0.4) is 0 Å².